The van der Waals surface area contributed by atoms with Gasteiger partial charge in [0.25, 0.3) is 0 Å². The molecule has 2 aromatic rings. The Morgan fingerprint density at radius 3 is 2.56 bits per heavy atom. The highest BCUT2D eigenvalue weighted by atomic mass is 16.6. The zero-order valence-electron chi connectivity index (χ0n) is 23.2. The Balaban J connectivity index is 1.30. The van der Waals surface area contributed by atoms with Crippen molar-refractivity contribution < 1.29 is 14.5 Å². The maximum atomic E-state index is 12.1. The lowest BCUT2D eigenvalue weighted by Gasteiger charge is -2.30. The predicted octanol–water partition coefficient (Wildman–Crippen LogP) is 5.48. The summed E-state index contributed by atoms with van der Waals surface area (Å²) in [6.07, 6.45) is 8.05. The number of nitrogens with zero attached hydrogens (tertiary/aromatic N) is 4. The molecule has 11 heteroatoms. The Labute approximate surface area is 230 Å². The summed E-state index contributed by atoms with van der Waals surface area (Å²) in [5.74, 6) is 0.885. The largest absolute Gasteiger partial charge is 0.444 e. The summed E-state index contributed by atoms with van der Waals surface area (Å²) in [5, 5.41) is 21.0. The highest BCUT2D eigenvalue weighted by Crippen LogP contribution is 2.28. The van der Waals surface area contributed by atoms with Crippen LogP contribution in [0.3, 0.4) is 0 Å². The highest BCUT2D eigenvalue weighted by molar-refractivity contribution is 5.68. The quantitative estimate of drug-likeness (QED) is 0.279. The third kappa shape index (κ3) is 8.69. The number of ether oxygens (including phenoxy) is 1. The van der Waals surface area contributed by atoms with E-state index in [9.17, 15) is 14.9 Å². The van der Waals surface area contributed by atoms with Crippen LogP contribution in [0, 0.1) is 16.0 Å². The predicted molar refractivity (Wildman–Crippen MR) is 152 cm³/mol. The average Bonchev–Trinajstić information content (AvgIpc) is 2.91. The molecule has 1 amide bonds. The first-order valence-corrected chi connectivity index (χ1v) is 14.0. The Kier molecular flexibility index (Phi) is 9.42. The van der Waals surface area contributed by atoms with Crippen LogP contribution in [0.5, 0.6) is 0 Å². The smallest absolute Gasteiger partial charge is 0.407 e. The Hall–Kier alpha value is -3.63. The number of piperidine rings is 1. The van der Waals surface area contributed by atoms with Gasteiger partial charge in [-0.3, -0.25) is 10.1 Å². The number of alkyl carbamates (subject to hydrolysis) is 1. The van der Waals surface area contributed by atoms with Gasteiger partial charge in [0.15, 0.2) is 0 Å². The number of carbonyl (C=O) groups excluding carboxylic acids is 1. The molecule has 1 saturated heterocycles. The molecule has 4 rings (SSSR count). The van der Waals surface area contributed by atoms with Crippen LogP contribution >= 0.6 is 0 Å². The summed E-state index contributed by atoms with van der Waals surface area (Å²) in [5.41, 5.74) is 1.65. The van der Waals surface area contributed by atoms with E-state index < -0.39 is 10.5 Å². The highest BCUT2D eigenvalue weighted by Gasteiger charge is 2.26. The summed E-state index contributed by atoms with van der Waals surface area (Å²) >= 11 is 0. The Bertz CT molecular complexity index is 1120. The fourth-order valence-corrected chi connectivity index (χ4v) is 5.15. The third-order valence-electron chi connectivity index (χ3n) is 7.17. The maximum Gasteiger partial charge on any atom is 0.407 e. The van der Waals surface area contributed by atoms with Crippen LogP contribution in [0.2, 0.25) is 0 Å². The lowest BCUT2D eigenvalue weighted by atomic mass is 9.86. The van der Waals surface area contributed by atoms with Gasteiger partial charge in [-0.25, -0.2) is 9.78 Å². The molecule has 1 aromatic carbocycles. The summed E-state index contributed by atoms with van der Waals surface area (Å²) < 4.78 is 5.35. The first kappa shape index (κ1) is 28.4. The van der Waals surface area contributed by atoms with Gasteiger partial charge in [0.05, 0.1) is 4.92 Å². The van der Waals surface area contributed by atoms with Crippen molar-refractivity contribution in [3.8, 4) is 0 Å². The monoisotopic (exact) mass is 539 g/mol. The van der Waals surface area contributed by atoms with E-state index in [0.29, 0.717) is 25.0 Å². The molecule has 11 nitrogen and oxygen atoms in total. The van der Waals surface area contributed by atoms with Gasteiger partial charge in [-0.2, -0.15) is 4.98 Å². The van der Waals surface area contributed by atoms with Gasteiger partial charge in [0.2, 0.25) is 11.8 Å². The number of benzene rings is 1. The van der Waals surface area contributed by atoms with Crippen molar-refractivity contribution in [1.82, 2.24) is 15.3 Å². The number of nitrogens with one attached hydrogen (secondary N) is 3. The number of anilines is 3. The summed E-state index contributed by atoms with van der Waals surface area (Å²) in [4.78, 5) is 34.2. The third-order valence-corrected chi connectivity index (χ3v) is 7.17. The van der Waals surface area contributed by atoms with Gasteiger partial charge < -0.3 is 25.6 Å². The second-order valence-corrected chi connectivity index (χ2v) is 11.5. The number of amides is 1. The minimum atomic E-state index is -0.526. The Morgan fingerprint density at radius 1 is 1.13 bits per heavy atom. The molecular weight excluding hydrogens is 498 g/mol. The summed E-state index contributed by atoms with van der Waals surface area (Å²) in [6, 6.07) is 8.51. The number of aromatic nitrogens is 2. The van der Waals surface area contributed by atoms with Crippen molar-refractivity contribution >= 4 is 29.2 Å². The second-order valence-electron chi connectivity index (χ2n) is 11.5. The molecule has 1 aliphatic carbocycles. The fourth-order valence-electron chi connectivity index (χ4n) is 5.15. The number of hydrogen-bond donors (Lipinski definition) is 3. The van der Waals surface area contributed by atoms with Crippen LogP contribution in [0.15, 0.2) is 30.5 Å². The number of rotatable bonds is 9. The second kappa shape index (κ2) is 12.9. The molecule has 0 bridgehead atoms. The minimum absolute atomic E-state index is 0.0775. The van der Waals surface area contributed by atoms with Crippen LogP contribution < -0.4 is 20.9 Å². The molecule has 2 heterocycles. The van der Waals surface area contributed by atoms with Gasteiger partial charge in [-0.1, -0.05) is 12.1 Å². The van der Waals surface area contributed by atoms with Gasteiger partial charge in [0.1, 0.15) is 11.8 Å². The molecular formula is C28H41N7O4. The van der Waals surface area contributed by atoms with E-state index in [1.807, 2.05) is 20.8 Å². The van der Waals surface area contributed by atoms with Gasteiger partial charge in [-0.15, -0.1) is 0 Å². The zero-order valence-corrected chi connectivity index (χ0v) is 23.2. The molecule has 2 fully saturated rings. The van der Waals surface area contributed by atoms with E-state index >= 15 is 0 Å². The molecule has 212 valence electrons. The maximum absolute atomic E-state index is 12.1. The van der Waals surface area contributed by atoms with Crippen LogP contribution in [0.25, 0.3) is 0 Å². The molecule has 2 aliphatic rings. The first-order chi connectivity index (χ1) is 18.7. The lowest BCUT2D eigenvalue weighted by Crippen LogP contribution is -2.41. The van der Waals surface area contributed by atoms with Gasteiger partial charge >= 0.3 is 11.8 Å². The SMILES string of the molecule is CC(C)(C)OC(=O)N[C@H]1CC[C@H](CNc2nc(NCc3cccc(N4CCCCC4)c3)ncc2[N+](=O)[O-])CC1. The van der Waals surface area contributed by atoms with Crippen molar-refractivity contribution in [3.05, 3.63) is 46.1 Å². The molecule has 1 saturated carbocycles. The summed E-state index contributed by atoms with van der Waals surface area (Å²) in [7, 11) is 0. The average molecular weight is 540 g/mol. The van der Waals surface area contributed by atoms with Crippen LogP contribution in [-0.2, 0) is 11.3 Å². The van der Waals surface area contributed by atoms with E-state index in [1.165, 1.54) is 31.1 Å². The fraction of sp³-hybridized carbons (Fsp3) is 0.607. The van der Waals surface area contributed by atoms with Crippen LogP contribution in [0.1, 0.15) is 71.3 Å². The first-order valence-electron chi connectivity index (χ1n) is 14.0. The van der Waals surface area contributed by atoms with E-state index in [0.717, 1.165) is 44.3 Å². The lowest BCUT2D eigenvalue weighted by molar-refractivity contribution is -0.384. The van der Waals surface area contributed by atoms with E-state index in [-0.39, 0.29) is 23.6 Å². The van der Waals surface area contributed by atoms with Crippen molar-refractivity contribution in [2.75, 3.05) is 35.2 Å². The zero-order chi connectivity index (χ0) is 27.8. The summed E-state index contributed by atoms with van der Waals surface area (Å²) in [6.45, 7) is 8.78. The number of carbonyl (C=O) groups is 1. The van der Waals surface area contributed by atoms with E-state index in [4.69, 9.17) is 4.74 Å². The van der Waals surface area contributed by atoms with Crippen molar-refractivity contribution in [2.45, 2.75) is 83.9 Å². The van der Waals surface area contributed by atoms with Crippen LogP contribution in [0.4, 0.5) is 27.9 Å². The minimum Gasteiger partial charge on any atom is -0.444 e. The molecule has 0 atom stereocenters. The van der Waals surface area contributed by atoms with Gasteiger partial charge in [0, 0.05) is 37.9 Å². The molecule has 1 aliphatic heterocycles. The molecule has 0 radical (unpaired) electrons. The van der Waals surface area contributed by atoms with Crippen molar-refractivity contribution in [1.29, 1.82) is 0 Å². The van der Waals surface area contributed by atoms with Crippen molar-refractivity contribution in [3.63, 3.8) is 0 Å². The molecule has 39 heavy (non-hydrogen) atoms. The Morgan fingerprint density at radius 2 is 1.87 bits per heavy atom. The normalized spacial score (nSPS) is 19.7. The molecule has 3 N–H and O–H groups in total. The topological polar surface area (TPSA) is 135 Å². The molecule has 0 unspecified atom stereocenters. The molecule has 0 spiro atoms. The van der Waals surface area contributed by atoms with Gasteiger partial charge in [-0.05, 0) is 89.3 Å². The molecule has 1 aromatic heterocycles. The van der Waals surface area contributed by atoms with E-state index in [2.05, 4.69) is 55.1 Å². The number of hydrogen-bond acceptors (Lipinski definition) is 9. The standard InChI is InChI=1S/C28H41N7O4/c1-28(2,3)39-27(36)32-22-12-10-20(11-13-22)17-29-25-24(35(37)38)19-31-26(33-25)30-18-21-8-7-9-23(16-21)34-14-5-4-6-15-34/h7-9,16,19-20,22H,4-6,10-15,17-18H2,1-3H3,(H,32,36)(H2,29,30,31,33)/t20-,22-. The van der Waals surface area contributed by atoms with E-state index in [1.54, 1.807) is 0 Å². The number of nitro groups is 1. The van der Waals surface area contributed by atoms with Crippen molar-refractivity contribution in [2.24, 2.45) is 5.92 Å². The van der Waals surface area contributed by atoms with Crippen LogP contribution in [-0.4, -0.2) is 52.3 Å².